The molecule has 0 unspecified atom stereocenters. The first-order valence-electron chi connectivity index (χ1n) is 7.22. The lowest BCUT2D eigenvalue weighted by Gasteiger charge is -2.10. The van der Waals surface area contributed by atoms with Crippen LogP contribution in [0, 0.1) is 0 Å². The summed E-state index contributed by atoms with van der Waals surface area (Å²) in [7, 11) is 0. The highest BCUT2D eigenvalue weighted by Gasteiger charge is 2.13. The van der Waals surface area contributed by atoms with E-state index < -0.39 is 0 Å². The Balaban J connectivity index is 1.76. The minimum Gasteiger partial charge on any atom is -0.481 e. The second-order valence-electron chi connectivity index (χ2n) is 4.90. The molecule has 3 rings (SSSR count). The van der Waals surface area contributed by atoms with Gasteiger partial charge >= 0.3 is 0 Å². The largest absolute Gasteiger partial charge is 0.481 e. The number of oxazole rings is 1. The Morgan fingerprint density at radius 3 is 2.61 bits per heavy atom. The van der Waals surface area contributed by atoms with Gasteiger partial charge in [-0.05, 0) is 18.6 Å². The van der Waals surface area contributed by atoms with E-state index >= 15 is 0 Å². The van der Waals surface area contributed by atoms with Gasteiger partial charge in [-0.15, -0.1) is 0 Å². The molecule has 3 aromatic rings. The van der Waals surface area contributed by atoms with Gasteiger partial charge in [0.05, 0.1) is 5.69 Å². The van der Waals surface area contributed by atoms with E-state index in [0.717, 1.165) is 5.56 Å². The first-order chi connectivity index (χ1) is 11.2. The van der Waals surface area contributed by atoms with Gasteiger partial charge in [0.25, 0.3) is 0 Å². The van der Waals surface area contributed by atoms with E-state index in [1.165, 1.54) is 0 Å². The standard InChI is InChI=1S/C16H17N5O2/c1-2-12-13(14(17)21-16(18)20-12)22-8-11-9-23-15(19-11)10-6-4-3-5-7-10/h3-7,9H,2,8H2,1H3,(H4,17,18,20,21). The Morgan fingerprint density at radius 2 is 1.87 bits per heavy atom. The molecule has 0 amide bonds. The van der Waals surface area contributed by atoms with Crippen molar-refractivity contribution in [3.8, 4) is 17.2 Å². The van der Waals surface area contributed by atoms with Gasteiger partial charge in [-0.3, -0.25) is 0 Å². The van der Waals surface area contributed by atoms with Crippen LogP contribution in [0.4, 0.5) is 11.8 Å². The fourth-order valence-electron chi connectivity index (χ4n) is 2.17. The van der Waals surface area contributed by atoms with Crippen molar-refractivity contribution >= 4 is 11.8 Å². The maximum atomic E-state index is 5.86. The molecule has 2 heterocycles. The fraction of sp³-hybridized carbons (Fsp3) is 0.188. The van der Waals surface area contributed by atoms with E-state index in [9.17, 15) is 0 Å². The first kappa shape index (κ1) is 14.8. The third-order valence-electron chi connectivity index (χ3n) is 3.25. The lowest BCUT2D eigenvalue weighted by atomic mass is 10.2. The van der Waals surface area contributed by atoms with Crippen molar-refractivity contribution in [1.29, 1.82) is 0 Å². The number of nitrogens with zero attached hydrogens (tertiary/aromatic N) is 3. The van der Waals surface area contributed by atoms with Crippen LogP contribution in [0.2, 0.25) is 0 Å². The average molecular weight is 311 g/mol. The second kappa shape index (κ2) is 6.35. The number of hydrogen-bond acceptors (Lipinski definition) is 7. The Morgan fingerprint density at radius 1 is 1.09 bits per heavy atom. The molecule has 0 spiro atoms. The van der Waals surface area contributed by atoms with Crippen LogP contribution >= 0.6 is 0 Å². The minimum atomic E-state index is 0.138. The zero-order valence-corrected chi connectivity index (χ0v) is 12.7. The Hall–Kier alpha value is -3.09. The van der Waals surface area contributed by atoms with Crippen molar-refractivity contribution in [2.24, 2.45) is 0 Å². The van der Waals surface area contributed by atoms with Crippen LogP contribution in [0.15, 0.2) is 41.0 Å². The molecule has 0 saturated heterocycles. The minimum absolute atomic E-state index is 0.138. The highest BCUT2D eigenvalue weighted by atomic mass is 16.5. The molecule has 0 saturated carbocycles. The summed E-state index contributed by atoms with van der Waals surface area (Å²) in [6.07, 6.45) is 2.20. The van der Waals surface area contributed by atoms with Gasteiger partial charge in [0, 0.05) is 5.56 Å². The first-order valence-corrected chi connectivity index (χ1v) is 7.22. The van der Waals surface area contributed by atoms with E-state index in [2.05, 4.69) is 15.0 Å². The van der Waals surface area contributed by atoms with Gasteiger partial charge in [0.15, 0.2) is 11.6 Å². The third-order valence-corrected chi connectivity index (χ3v) is 3.25. The molecule has 118 valence electrons. The zero-order valence-electron chi connectivity index (χ0n) is 12.7. The summed E-state index contributed by atoms with van der Waals surface area (Å²) in [6, 6.07) is 9.65. The van der Waals surface area contributed by atoms with Gasteiger partial charge in [-0.1, -0.05) is 25.1 Å². The summed E-state index contributed by atoms with van der Waals surface area (Å²) in [4.78, 5) is 12.5. The number of ether oxygens (including phenoxy) is 1. The molecule has 4 N–H and O–H groups in total. The number of hydrogen-bond donors (Lipinski definition) is 2. The number of nitrogens with two attached hydrogens (primary N) is 2. The third kappa shape index (κ3) is 3.23. The summed E-state index contributed by atoms with van der Waals surface area (Å²) < 4.78 is 11.2. The van der Waals surface area contributed by atoms with Crippen molar-refractivity contribution in [3.05, 3.63) is 48.0 Å². The lowest BCUT2D eigenvalue weighted by Crippen LogP contribution is -2.08. The SMILES string of the molecule is CCc1nc(N)nc(N)c1OCc1coc(-c2ccccc2)n1. The highest BCUT2D eigenvalue weighted by Crippen LogP contribution is 2.26. The van der Waals surface area contributed by atoms with Gasteiger partial charge in [0.1, 0.15) is 18.6 Å². The molecule has 0 fully saturated rings. The number of rotatable bonds is 5. The van der Waals surface area contributed by atoms with E-state index in [0.29, 0.717) is 29.4 Å². The molecule has 0 aliphatic heterocycles. The fourth-order valence-corrected chi connectivity index (χ4v) is 2.17. The molecule has 0 aliphatic rings. The van der Waals surface area contributed by atoms with Crippen LogP contribution in [0.25, 0.3) is 11.5 Å². The molecule has 7 heteroatoms. The number of aryl methyl sites for hydroxylation is 1. The number of benzene rings is 1. The van der Waals surface area contributed by atoms with Crippen molar-refractivity contribution in [2.75, 3.05) is 11.5 Å². The molecular formula is C16H17N5O2. The Kier molecular flexibility index (Phi) is 4.09. The van der Waals surface area contributed by atoms with Crippen LogP contribution in [0.5, 0.6) is 5.75 Å². The molecule has 0 bridgehead atoms. The summed E-state index contributed by atoms with van der Waals surface area (Å²) >= 11 is 0. The average Bonchev–Trinajstić information content (AvgIpc) is 3.03. The van der Waals surface area contributed by atoms with Crippen molar-refractivity contribution in [1.82, 2.24) is 15.0 Å². The highest BCUT2D eigenvalue weighted by molar-refractivity contribution is 5.53. The number of aromatic nitrogens is 3. The monoisotopic (exact) mass is 311 g/mol. The van der Waals surface area contributed by atoms with Crippen LogP contribution in [0.3, 0.4) is 0 Å². The van der Waals surface area contributed by atoms with Gasteiger partial charge < -0.3 is 20.6 Å². The normalized spacial score (nSPS) is 10.7. The maximum absolute atomic E-state index is 5.86. The van der Waals surface area contributed by atoms with Crippen molar-refractivity contribution in [2.45, 2.75) is 20.0 Å². The Labute approximate surface area is 133 Å². The molecular weight excluding hydrogens is 294 g/mol. The number of nitrogen functional groups attached to an aromatic ring is 2. The van der Waals surface area contributed by atoms with Gasteiger partial charge in [-0.2, -0.15) is 4.98 Å². The quantitative estimate of drug-likeness (QED) is 0.744. The van der Waals surface area contributed by atoms with Crippen molar-refractivity contribution < 1.29 is 9.15 Å². The molecule has 0 atom stereocenters. The number of anilines is 2. The van der Waals surface area contributed by atoms with Gasteiger partial charge in [0.2, 0.25) is 11.8 Å². The van der Waals surface area contributed by atoms with E-state index in [4.69, 9.17) is 20.6 Å². The molecule has 0 aliphatic carbocycles. The Bertz CT molecular complexity index is 801. The molecule has 1 aromatic carbocycles. The van der Waals surface area contributed by atoms with E-state index in [1.807, 2.05) is 37.3 Å². The van der Waals surface area contributed by atoms with E-state index in [-0.39, 0.29) is 18.4 Å². The predicted molar refractivity (Wildman–Crippen MR) is 86.5 cm³/mol. The van der Waals surface area contributed by atoms with Crippen LogP contribution in [-0.4, -0.2) is 15.0 Å². The molecule has 0 radical (unpaired) electrons. The zero-order chi connectivity index (χ0) is 16.2. The van der Waals surface area contributed by atoms with Crippen LogP contribution in [0.1, 0.15) is 18.3 Å². The predicted octanol–water partition coefficient (Wildman–Crippen LogP) is 2.44. The molecule has 7 nitrogen and oxygen atoms in total. The summed E-state index contributed by atoms with van der Waals surface area (Å²) in [5.74, 6) is 1.34. The smallest absolute Gasteiger partial charge is 0.226 e. The van der Waals surface area contributed by atoms with Crippen LogP contribution in [-0.2, 0) is 13.0 Å². The van der Waals surface area contributed by atoms with Crippen LogP contribution < -0.4 is 16.2 Å². The second-order valence-corrected chi connectivity index (χ2v) is 4.90. The summed E-state index contributed by atoms with van der Waals surface area (Å²) in [6.45, 7) is 2.15. The lowest BCUT2D eigenvalue weighted by molar-refractivity contribution is 0.297. The van der Waals surface area contributed by atoms with E-state index in [1.54, 1.807) is 6.26 Å². The van der Waals surface area contributed by atoms with Crippen molar-refractivity contribution in [3.63, 3.8) is 0 Å². The maximum Gasteiger partial charge on any atom is 0.226 e. The molecule has 23 heavy (non-hydrogen) atoms. The topological polar surface area (TPSA) is 113 Å². The summed E-state index contributed by atoms with van der Waals surface area (Å²) in [5.41, 5.74) is 13.7. The summed E-state index contributed by atoms with van der Waals surface area (Å²) in [5, 5.41) is 0. The van der Waals surface area contributed by atoms with Gasteiger partial charge in [-0.25, -0.2) is 9.97 Å². The molecule has 2 aromatic heterocycles.